The summed E-state index contributed by atoms with van der Waals surface area (Å²) in [7, 11) is 0. The van der Waals surface area contributed by atoms with E-state index in [2.05, 4.69) is 56.4 Å². The van der Waals surface area contributed by atoms with E-state index in [-0.39, 0.29) is 64.0 Å². The molecule has 3 fully saturated rings. The van der Waals surface area contributed by atoms with Crippen molar-refractivity contribution in [2.75, 3.05) is 32.8 Å². The number of esters is 1. The zero-order chi connectivity index (χ0) is 69.2. The minimum absolute atomic E-state index is 0.0179. The van der Waals surface area contributed by atoms with Crippen LogP contribution in [-0.4, -0.2) is 207 Å². The summed E-state index contributed by atoms with van der Waals surface area (Å²) >= 11 is 0. The smallest absolute Gasteiger partial charge is 0.329 e. The zero-order valence-corrected chi connectivity index (χ0v) is 54.9. The zero-order valence-electron chi connectivity index (χ0n) is 54.9. The fourth-order valence-electron chi connectivity index (χ4n) is 11.7. The second-order valence-electron chi connectivity index (χ2n) is 25.9. The second-order valence-corrected chi connectivity index (χ2v) is 25.9. The number of nitrogens with two attached hydrogens (primary N) is 1. The number of fused-ring (bicyclic) bond motifs is 2. The minimum Gasteiger partial charge on any atom is -0.481 e. The van der Waals surface area contributed by atoms with Gasteiger partial charge in [0.1, 0.15) is 66.5 Å². The Morgan fingerprint density at radius 2 is 1.07 bits per heavy atom. The summed E-state index contributed by atoms with van der Waals surface area (Å²) in [6.45, 7) is 8.58. The summed E-state index contributed by atoms with van der Waals surface area (Å²) in [5, 5.41) is 62.7. The van der Waals surface area contributed by atoms with Crippen molar-refractivity contribution in [2.24, 2.45) is 23.5 Å². The third kappa shape index (κ3) is 24.0. The lowest BCUT2D eigenvalue weighted by molar-refractivity contribution is -0.160. The summed E-state index contributed by atoms with van der Waals surface area (Å²) in [6, 6.07) is 1.62. The number of benzene rings is 2. The highest BCUT2D eigenvalue weighted by atomic mass is 16.5. The fraction of sp³-hybridized carbons (Fsp3) is 0.636. The number of aliphatic hydroxyl groups excluding tert-OH is 3. The third-order valence-corrected chi connectivity index (χ3v) is 16.8. The number of nitrogens with one attached hydrogen (secondary N) is 8. The van der Waals surface area contributed by atoms with E-state index in [4.69, 9.17) is 10.5 Å². The Morgan fingerprint density at radius 3 is 1.62 bits per heavy atom. The SMILES string of the molecule is CC(C)CCCCC[C@@H]1CC(=O)N[C@H](CC(=O)O)C(=O)N[C@H](Cc2ccccc2)C(=O)N[C@@H](CO)C(=O)N[C@H](C(C)C)C(=O)N2C[C@H](O)C[C@H]2C(=O)N[C@@H](CO)C(=O)N[C@H](CC(C)C)C(=O)N[C@@H](Cc2ccccc2)C(=O)N[C@@H](CCCCN)C(=O)N2CCC[C@H]2C(=O)O1. The number of aliphatic hydroxyl groups is 3. The molecule has 10 amide bonds. The Morgan fingerprint density at radius 1 is 0.564 bits per heavy atom. The largest absolute Gasteiger partial charge is 0.481 e. The summed E-state index contributed by atoms with van der Waals surface area (Å²) in [6.07, 6.45) is -0.408. The molecule has 5 rings (SSSR count). The van der Waals surface area contributed by atoms with Crippen LogP contribution < -0.4 is 48.3 Å². The van der Waals surface area contributed by atoms with Gasteiger partial charge in [0.2, 0.25) is 59.1 Å². The van der Waals surface area contributed by atoms with Gasteiger partial charge >= 0.3 is 11.9 Å². The van der Waals surface area contributed by atoms with Crippen molar-refractivity contribution >= 4 is 71.0 Å². The monoisotopic (exact) mass is 1320 g/mol. The standard InChI is InChI=1S/C66H99N11O17/c1-38(2)19-10-7-15-24-44-33-54(81)68-49(34-55(82)83)60(87)72-48(31-42-22-13-9-14-23-42)59(86)73-51(37-79)62(89)75-56(40(5)6)65(92)77-35-43(80)32-53(77)63(90)74-50(36-78)61(88)70-46(29-39(3)4)57(84)71-47(30-41-20-11-8-12-21-41)58(85)69-45(25-16-17-27-67)64(91)76-28-18-26-52(76)66(93)94-44/h8-9,11-14,20-23,38-40,43-53,56,78-80H,7,10,15-19,24-37,67H2,1-6H3,(H,68,81)(H,69,85)(H,70,88)(H,71,84)(H,72,87)(H,73,86)(H,74,90)(H,75,89)(H,82,83)/t43-,44-,45+,46-,47+,48-,49-,50+,51+,52+,53+,56-/m1/s1. The van der Waals surface area contributed by atoms with Gasteiger partial charge in [0.15, 0.2) is 0 Å². The van der Waals surface area contributed by atoms with Crippen LogP contribution in [0.25, 0.3) is 0 Å². The van der Waals surface area contributed by atoms with Crippen molar-refractivity contribution < 1.29 is 82.7 Å². The quantitative estimate of drug-likeness (QED) is 0.0554. The molecule has 520 valence electrons. The Hall–Kier alpha value is -8.08. The third-order valence-electron chi connectivity index (χ3n) is 16.8. The first-order valence-electron chi connectivity index (χ1n) is 32.9. The molecule has 0 aromatic heterocycles. The normalized spacial score (nSPS) is 26.6. The molecule has 12 atom stereocenters. The van der Waals surface area contributed by atoms with Crippen LogP contribution in [0.5, 0.6) is 0 Å². The van der Waals surface area contributed by atoms with Crippen LogP contribution in [0.2, 0.25) is 0 Å². The molecule has 3 aliphatic rings. The van der Waals surface area contributed by atoms with Crippen LogP contribution in [0, 0.1) is 17.8 Å². The Bertz CT molecular complexity index is 2880. The van der Waals surface area contributed by atoms with E-state index in [1.807, 2.05) is 0 Å². The highest BCUT2D eigenvalue weighted by Gasteiger charge is 2.45. The molecule has 0 saturated carbocycles. The fourth-order valence-corrected chi connectivity index (χ4v) is 11.7. The number of cyclic esters (lactones) is 1. The molecular weight excluding hydrogens is 1220 g/mol. The van der Waals surface area contributed by atoms with E-state index in [1.165, 1.54) is 4.90 Å². The maximum Gasteiger partial charge on any atom is 0.329 e. The molecule has 94 heavy (non-hydrogen) atoms. The molecule has 0 unspecified atom stereocenters. The molecule has 14 N–H and O–H groups in total. The number of aliphatic carboxylic acids is 1. The van der Waals surface area contributed by atoms with Gasteiger partial charge in [-0.3, -0.25) is 52.7 Å². The van der Waals surface area contributed by atoms with Crippen LogP contribution in [0.3, 0.4) is 0 Å². The molecule has 0 bridgehead atoms. The minimum atomic E-state index is -1.84. The number of carboxylic acids is 1. The number of hydrogen-bond acceptors (Lipinski definition) is 17. The number of carboxylic acid groups (broad SMARTS) is 1. The van der Waals surface area contributed by atoms with Gasteiger partial charge in [0.05, 0.1) is 32.2 Å². The molecule has 2 aromatic rings. The van der Waals surface area contributed by atoms with Crippen molar-refractivity contribution in [3.05, 3.63) is 71.8 Å². The van der Waals surface area contributed by atoms with E-state index in [1.54, 1.807) is 88.4 Å². The van der Waals surface area contributed by atoms with Gasteiger partial charge in [-0.05, 0) is 86.8 Å². The van der Waals surface area contributed by atoms with E-state index in [9.17, 15) is 78.0 Å². The first-order chi connectivity index (χ1) is 44.7. The summed E-state index contributed by atoms with van der Waals surface area (Å²) in [5.74, 6) is -12.5. The number of carbonyl (C=O) groups is 12. The van der Waals surface area contributed by atoms with E-state index in [0.29, 0.717) is 49.1 Å². The maximum absolute atomic E-state index is 14.9. The molecule has 28 heteroatoms. The number of ether oxygens (including phenoxy) is 1. The molecule has 3 heterocycles. The van der Waals surface area contributed by atoms with Crippen molar-refractivity contribution in [2.45, 2.75) is 217 Å². The highest BCUT2D eigenvalue weighted by molar-refractivity contribution is 6.00. The number of amides is 10. The first kappa shape index (κ1) is 76.6. The summed E-state index contributed by atoms with van der Waals surface area (Å²) in [4.78, 5) is 173. The maximum atomic E-state index is 14.9. The van der Waals surface area contributed by atoms with Gasteiger partial charge in [-0.2, -0.15) is 0 Å². The Kier molecular flexibility index (Phi) is 31.2. The number of rotatable bonds is 21. The van der Waals surface area contributed by atoms with Crippen molar-refractivity contribution in [3.8, 4) is 0 Å². The molecule has 0 radical (unpaired) electrons. The highest BCUT2D eigenvalue weighted by Crippen LogP contribution is 2.25. The second kappa shape index (κ2) is 38.3. The van der Waals surface area contributed by atoms with E-state index >= 15 is 0 Å². The lowest BCUT2D eigenvalue weighted by Gasteiger charge is -2.32. The van der Waals surface area contributed by atoms with Crippen LogP contribution in [-0.2, 0) is 75.1 Å². The Balaban J connectivity index is 1.58. The molecule has 28 nitrogen and oxygen atoms in total. The summed E-state index contributed by atoms with van der Waals surface area (Å²) in [5.41, 5.74) is 6.96. The van der Waals surface area contributed by atoms with Gasteiger partial charge in [-0.15, -0.1) is 0 Å². The van der Waals surface area contributed by atoms with Gasteiger partial charge in [-0.1, -0.05) is 121 Å². The average Bonchev–Trinajstić information content (AvgIpc) is 1.69. The van der Waals surface area contributed by atoms with Gasteiger partial charge < -0.3 is 83.2 Å². The molecular formula is C66H99N11O17. The van der Waals surface area contributed by atoms with Gasteiger partial charge in [-0.25, -0.2) is 4.79 Å². The first-order valence-corrected chi connectivity index (χ1v) is 32.9. The molecule has 2 aromatic carbocycles. The lowest BCUT2D eigenvalue weighted by Crippen LogP contribution is -2.62. The molecule has 3 saturated heterocycles. The number of carbonyl (C=O) groups excluding carboxylic acids is 11. The van der Waals surface area contributed by atoms with E-state index in [0.717, 1.165) is 17.7 Å². The number of unbranched alkanes of at least 4 members (excludes halogenated alkanes) is 3. The van der Waals surface area contributed by atoms with Crippen LogP contribution >= 0.6 is 0 Å². The summed E-state index contributed by atoms with van der Waals surface area (Å²) < 4.78 is 6.10. The van der Waals surface area contributed by atoms with Crippen molar-refractivity contribution in [3.63, 3.8) is 0 Å². The molecule has 0 spiro atoms. The predicted octanol–water partition coefficient (Wildman–Crippen LogP) is -0.485. The van der Waals surface area contributed by atoms with Gasteiger partial charge in [0, 0.05) is 32.4 Å². The lowest BCUT2D eigenvalue weighted by atomic mass is 10.00. The van der Waals surface area contributed by atoms with Crippen molar-refractivity contribution in [1.82, 2.24) is 52.3 Å². The number of hydrogen-bond donors (Lipinski definition) is 13. The van der Waals surface area contributed by atoms with E-state index < -0.39 is 182 Å². The topological polar surface area (TPSA) is 424 Å². The number of nitrogens with zero attached hydrogens (tertiary/aromatic N) is 2. The Labute approximate surface area is 549 Å². The van der Waals surface area contributed by atoms with Gasteiger partial charge in [0.25, 0.3) is 0 Å². The molecule has 3 aliphatic heterocycles. The van der Waals surface area contributed by atoms with Crippen LogP contribution in [0.15, 0.2) is 60.7 Å². The van der Waals surface area contributed by atoms with Crippen LogP contribution in [0.4, 0.5) is 0 Å². The van der Waals surface area contributed by atoms with Crippen molar-refractivity contribution in [1.29, 1.82) is 0 Å². The molecule has 0 aliphatic carbocycles. The average molecular weight is 1320 g/mol. The predicted molar refractivity (Wildman–Crippen MR) is 343 cm³/mol. The van der Waals surface area contributed by atoms with Crippen LogP contribution in [0.1, 0.15) is 143 Å².